The molecule has 1 N–H and O–H groups in total. The van der Waals surface area contributed by atoms with Crippen LogP contribution in [0.5, 0.6) is 0 Å². The Morgan fingerprint density at radius 3 is 2.32 bits per heavy atom. The van der Waals surface area contributed by atoms with Crippen LogP contribution in [-0.2, 0) is 11.3 Å². The van der Waals surface area contributed by atoms with Gasteiger partial charge in [0.25, 0.3) is 0 Å². The van der Waals surface area contributed by atoms with Crippen molar-refractivity contribution in [2.24, 2.45) is 0 Å². The van der Waals surface area contributed by atoms with E-state index < -0.39 is 0 Å². The zero-order valence-electron chi connectivity index (χ0n) is 15.4. The molecule has 0 aromatic heterocycles. The van der Waals surface area contributed by atoms with E-state index >= 15 is 0 Å². The summed E-state index contributed by atoms with van der Waals surface area (Å²) in [6.07, 6.45) is 0. The molecule has 1 saturated heterocycles. The van der Waals surface area contributed by atoms with Gasteiger partial charge < -0.3 is 10.2 Å². The lowest BCUT2D eigenvalue weighted by molar-refractivity contribution is -0.114. The zero-order valence-corrected chi connectivity index (χ0v) is 15.4. The molecule has 25 heavy (non-hydrogen) atoms. The summed E-state index contributed by atoms with van der Waals surface area (Å²) in [7, 11) is 0. The smallest absolute Gasteiger partial charge is 0.221 e. The van der Waals surface area contributed by atoms with Crippen molar-refractivity contribution in [2.75, 3.05) is 36.4 Å². The molecular weight excluding hydrogens is 310 g/mol. The maximum atomic E-state index is 11.1. The lowest BCUT2D eigenvalue weighted by Crippen LogP contribution is -2.46. The van der Waals surface area contributed by atoms with Crippen LogP contribution in [0.4, 0.5) is 11.4 Å². The van der Waals surface area contributed by atoms with E-state index in [0.29, 0.717) is 0 Å². The summed E-state index contributed by atoms with van der Waals surface area (Å²) in [5.74, 6) is -0.0321. The van der Waals surface area contributed by atoms with Gasteiger partial charge in [-0.05, 0) is 48.7 Å². The summed E-state index contributed by atoms with van der Waals surface area (Å²) in [6.45, 7) is 11.1. The van der Waals surface area contributed by atoms with Crippen LogP contribution in [0.15, 0.2) is 42.5 Å². The first-order valence-electron chi connectivity index (χ1n) is 8.92. The maximum absolute atomic E-state index is 11.1. The van der Waals surface area contributed by atoms with Crippen molar-refractivity contribution in [1.82, 2.24) is 4.90 Å². The monoisotopic (exact) mass is 337 g/mol. The molecule has 0 atom stereocenters. The number of nitrogens with one attached hydrogen (secondary N) is 1. The lowest BCUT2D eigenvalue weighted by atomic mass is 10.1. The third kappa shape index (κ3) is 4.60. The van der Waals surface area contributed by atoms with E-state index in [1.54, 1.807) is 0 Å². The van der Waals surface area contributed by atoms with Gasteiger partial charge >= 0.3 is 0 Å². The molecule has 2 aromatic rings. The highest BCUT2D eigenvalue weighted by molar-refractivity contribution is 5.88. The van der Waals surface area contributed by atoms with Crippen molar-refractivity contribution in [2.45, 2.75) is 27.3 Å². The highest BCUT2D eigenvalue weighted by atomic mass is 16.1. The molecule has 0 saturated carbocycles. The third-order valence-corrected chi connectivity index (χ3v) is 4.76. The third-order valence-electron chi connectivity index (χ3n) is 4.76. The molecule has 132 valence electrons. The van der Waals surface area contributed by atoms with E-state index in [-0.39, 0.29) is 5.91 Å². The number of aryl methyl sites for hydroxylation is 2. The SMILES string of the molecule is CC(=O)Nc1ccc(CN2CCN(c3cc(C)ccc3C)CC2)cc1. The molecule has 1 amide bonds. The van der Waals surface area contributed by atoms with Gasteiger partial charge in [0.05, 0.1) is 0 Å². The van der Waals surface area contributed by atoms with Crippen molar-refractivity contribution in [3.63, 3.8) is 0 Å². The normalized spacial score (nSPS) is 15.2. The van der Waals surface area contributed by atoms with Crippen LogP contribution in [0.2, 0.25) is 0 Å². The van der Waals surface area contributed by atoms with Crippen LogP contribution in [0.25, 0.3) is 0 Å². The van der Waals surface area contributed by atoms with Gasteiger partial charge in [-0.15, -0.1) is 0 Å². The van der Waals surface area contributed by atoms with Crippen LogP contribution in [-0.4, -0.2) is 37.0 Å². The number of carbonyl (C=O) groups is 1. The maximum Gasteiger partial charge on any atom is 0.221 e. The Bertz CT molecular complexity index is 731. The summed E-state index contributed by atoms with van der Waals surface area (Å²) in [5, 5.41) is 2.81. The van der Waals surface area contributed by atoms with Crippen LogP contribution in [0.3, 0.4) is 0 Å². The van der Waals surface area contributed by atoms with Crippen molar-refractivity contribution >= 4 is 17.3 Å². The van der Waals surface area contributed by atoms with Crippen LogP contribution >= 0.6 is 0 Å². The van der Waals surface area contributed by atoms with Crippen molar-refractivity contribution in [3.8, 4) is 0 Å². The van der Waals surface area contributed by atoms with Gasteiger partial charge in [-0.25, -0.2) is 0 Å². The molecule has 3 rings (SSSR count). The van der Waals surface area contributed by atoms with Crippen LogP contribution < -0.4 is 10.2 Å². The summed E-state index contributed by atoms with van der Waals surface area (Å²) in [6, 6.07) is 14.8. The predicted molar refractivity (Wildman–Crippen MR) is 104 cm³/mol. The number of nitrogens with zero attached hydrogens (tertiary/aromatic N) is 2. The summed E-state index contributed by atoms with van der Waals surface area (Å²) in [4.78, 5) is 16.1. The Kier molecular flexibility index (Phi) is 5.39. The van der Waals surface area contributed by atoms with E-state index in [4.69, 9.17) is 0 Å². The van der Waals surface area contributed by atoms with Gasteiger partial charge in [-0.2, -0.15) is 0 Å². The average molecular weight is 337 g/mol. The first-order valence-corrected chi connectivity index (χ1v) is 8.92. The van der Waals surface area contributed by atoms with E-state index in [1.807, 2.05) is 12.1 Å². The topological polar surface area (TPSA) is 35.6 Å². The molecule has 1 fully saturated rings. The van der Waals surface area contributed by atoms with Gasteiger partial charge in [0.1, 0.15) is 0 Å². The second-order valence-electron chi connectivity index (χ2n) is 6.93. The summed E-state index contributed by atoms with van der Waals surface area (Å²) in [5.41, 5.74) is 6.19. The molecule has 4 heteroatoms. The van der Waals surface area contributed by atoms with Gasteiger partial charge in [0.15, 0.2) is 0 Å². The second-order valence-corrected chi connectivity index (χ2v) is 6.93. The summed E-state index contributed by atoms with van der Waals surface area (Å²) < 4.78 is 0. The number of rotatable bonds is 4. The van der Waals surface area contributed by atoms with Crippen LogP contribution in [0, 0.1) is 13.8 Å². The minimum Gasteiger partial charge on any atom is -0.369 e. The molecule has 0 unspecified atom stereocenters. The standard InChI is InChI=1S/C21H27N3O/c1-16-4-5-17(2)21(14-16)24-12-10-23(11-13-24)15-19-6-8-20(9-7-19)22-18(3)25/h4-9,14H,10-13,15H2,1-3H3,(H,22,25). The van der Waals surface area contributed by atoms with Gasteiger partial charge in [-0.1, -0.05) is 24.3 Å². The first kappa shape index (κ1) is 17.5. The zero-order chi connectivity index (χ0) is 17.8. The molecule has 1 aliphatic rings. The highest BCUT2D eigenvalue weighted by Crippen LogP contribution is 2.23. The highest BCUT2D eigenvalue weighted by Gasteiger charge is 2.18. The quantitative estimate of drug-likeness (QED) is 0.926. The largest absolute Gasteiger partial charge is 0.369 e. The average Bonchev–Trinajstić information content (AvgIpc) is 2.59. The molecule has 1 heterocycles. The molecule has 0 aliphatic carbocycles. The van der Waals surface area contributed by atoms with Gasteiger partial charge in [-0.3, -0.25) is 9.69 Å². The lowest BCUT2D eigenvalue weighted by Gasteiger charge is -2.37. The van der Waals surface area contributed by atoms with Crippen molar-refractivity contribution in [1.29, 1.82) is 0 Å². The summed E-state index contributed by atoms with van der Waals surface area (Å²) >= 11 is 0. The first-order chi connectivity index (χ1) is 12.0. The molecule has 1 aliphatic heterocycles. The molecule has 0 spiro atoms. The van der Waals surface area contributed by atoms with E-state index in [0.717, 1.165) is 38.4 Å². The fourth-order valence-corrected chi connectivity index (χ4v) is 3.36. The van der Waals surface area contributed by atoms with Gasteiger partial charge in [0, 0.05) is 51.0 Å². The van der Waals surface area contributed by atoms with E-state index in [1.165, 1.54) is 29.3 Å². The van der Waals surface area contributed by atoms with Gasteiger partial charge in [0.2, 0.25) is 5.91 Å². The Morgan fingerprint density at radius 2 is 1.68 bits per heavy atom. The number of carbonyl (C=O) groups excluding carboxylic acids is 1. The second kappa shape index (κ2) is 7.70. The van der Waals surface area contributed by atoms with E-state index in [9.17, 15) is 4.79 Å². The minimum absolute atomic E-state index is 0.0321. The molecule has 0 radical (unpaired) electrons. The Balaban J connectivity index is 1.55. The van der Waals surface area contributed by atoms with E-state index in [2.05, 4.69) is 59.3 Å². The van der Waals surface area contributed by atoms with Crippen molar-refractivity contribution in [3.05, 3.63) is 59.2 Å². The number of hydrogen-bond acceptors (Lipinski definition) is 3. The predicted octanol–water partition coefficient (Wildman–Crippen LogP) is 3.58. The molecular formula is C21H27N3O. The fourth-order valence-electron chi connectivity index (χ4n) is 3.36. The minimum atomic E-state index is -0.0321. The number of hydrogen-bond donors (Lipinski definition) is 1. The van der Waals surface area contributed by atoms with Crippen LogP contribution in [0.1, 0.15) is 23.6 Å². The Hall–Kier alpha value is -2.33. The Labute approximate surface area is 150 Å². The number of amides is 1. The number of anilines is 2. The molecule has 2 aromatic carbocycles. The number of piperazine rings is 1. The Morgan fingerprint density at radius 1 is 1.00 bits per heavy atom. The molecule has 0 bridgehead atoms. The van der Waals surface area contributed by atoms with Crippen molar-refractivity contribution < 1.29 is 4.79 Å². The fraction of sp³-hybridized carbons (Fsp3) is 0.381. The molecule has 4 nitrogen and oxygen atoms in total. The number of benzene rings is 2.